The van der Waals surface area contributed by atoms with Crippen LogP contribution in [0.4, 0.5) is 0 Å². The molecular weight excluding hydrogens is 366 g/mol. The Morgan fingerprint density at radius 3 is 2.69 bits per heavy atom. The van der Waals surface area contributed by atoms with E-state index in [2.05, 4.69) is 15.1 Å². The van der Waals surface area contributed by atoms with Crippen molar-refractivity contribution in [1.29, 1.82) is 0 Å². The second-order valence-electron chi connectivity index (χ2n) is 7.62. The Morgan fingerprint density at radius 2 is 1.97 bits per heavy atom. The Kier molecular flexibility index (Phi) is 5.13. The lowest BCUT2D eigenvalue weighted by atomic mass is 9.92. The van der Waals surface area contributed by atoms with Gasteiger partial charge in [-0.3, -0.25) is 9.78 Å². The fourth-order valence-corrected chi connectivity index (χ4v) is 4.12. The number of hydrogen-bond acceptors (Lipinski definition) is 6. The smallest absolute Gasteiger partial charge is 0.259 e. The number of carbonyl (C=O) groups excluding carboxylic acids is 1. The molecule has 1 saturated heterocycles. The highest BCUT2D eigenvalue weighted by Gasteiger charge is 2.34. The first kappa shape index (κ1) is 19.2. The molecule has 0 aliphatic carbocycles. The molecule has 1 fully saturated rings. The number of carbonyl (C=O) groups is 1. The number of nitrogens with zero attached hydrogens (tertiary/aromatic N) is 5. The van der Waals surface area contributed by atoms with Crippen LogP contribution in [0.25, 0.3) is 11.1 Å². The van der Waals surface area contributed by atoms with Crippen molar-refractivity contribution in [1.82, 2.24) is 25.0 Å². The zero-order chi connectivity index (χ0) is 20.5. The van der Waals surface area contributed by atoms with Gasteiger partial charge in [0.1, 0.15) is 17.1 Å². The topological polar surface area (TPSA) is 85.0 Å². The summed E-state index contributed by atoms with van der Waals surface area (Å²) >= 11 is 0. The van der Waals surface area contributed by atoms with Gasteiger partial charge in [-0.05, 0) is 64.2 Å². The number of piperidine rings is 1. The summed E-state index contributed by atoms with van der Waals surface area (Å²) in [6.45, 7) is 8.19. The highest BCUT2D eigenvalue weighted by Crippen LogP contribution is 2.37. The maximum atomic E-state index is 13.5. The van der Waals surface area contributed by atoms with E-state index in [1.54, 1.807) is 13.1 Å². The van der Waals surface area contributed by atoms with Gasteiger partial charge >= 0.3 is 0 Å². The third-order valence-corrected chi connectivity index (χ3v) is 5.58. The van der Waals surface area contributed by atoms with Gasteiger partial charge in [0.15, 0.2) is 0 Å². The van der Waals surface area contributed by atoms with E-state index in [1.165, 1.54) is 0 Å². The molecule has 0 N–H and O–H groups in total. The molecule has 0 bridgehead atoms. The SMILES string of the molecule is Cc1ncc(-c2ccncc2C)c([C@H]2CCCCN2C(=O)c2c(C)noc2C)n1. The molecule has 1 amide bonds. The summed E-state index contributed by atoms with van der Waals surface area (Å²) < 4.78 is 5.25. The highest BCUT2D eigenvalue weighted by molar-refractivity contribution is 5.96. The molecule has 0 radical (unpaired) electrons. The van der Waals surface area contributed by atoms with Crippen molar-refractivity contribution < 1.29 is 9.32 Å². The lowest BCUT2D eigenvalue weighted by Gasteiger charge is -2.36. The number of rotatable bonds is 3. The fraction of sp³-hybridized carbons (Fsp3) is 0.409. The van der Waals surface area contributed by atoms with E-state index in [4.69, 9.17) is 9.51 Å². The van der Waals surface area contributed by atoms with E-state index in [0.717, 1.165) is 41.6 Å². The first-order chi connectivity index (χ1) is 14.0. The second kappa shape index (κ2) is 7.73. The van der Waals surface area contributed by atoms with Crippen LogP contribution in [0.15, 0.2) is 29.2 Å². The second-order valence-corrected chi connectivity index (χ2v) is 7.62. The summed E-state index contributed by atoms with van der Waals surface area (Å²) in [5.41, 5.74) is 5.14. The average Bonchev–Trinajstić information content (AvgIpc) is 3.06. The minimum absolute atomic E-state index is 0.0420. The molecule has 1 atom stereocenters. The molecule has 4 heterocycles. The van der Waals surface area contributed by atoms with E-state index in [-0.39, 0.29) is 11.9 Å². The molecule has 3 aromatic rings. The molecule has 3 aromatic heterocycles. The van der Waals surface area contributed by atoms with Gasteiger partial charge in [-0.1, -0.05) is 5.16 Å². The van der Waals surface area contributed by atoms with Gasteiger partial charge in [-0.2, -0.15) is 0 Å². The van der Waals surface area contributed by atoms with Crippen molar-refractivity contribution in [2.24, 2.45) is 0 Å². The largest absolute Gasteiger partial charge is 0.361 e. The van der Waals surface area contributed by atoms with E-state index in [9.17, 15) is 4.79 Å². The Morgan fingerprint density at radius 1 is 1.14 bits per heavy atom. The quantitative estimate of drug-likeness (QED) is 0.667. The van der Waals surface area contributed by atoms with Crippen LogP contribution in [-0.2, 0) is 0 Å². The maximum absolute atomic E-state index is 13.5. The van der Waals surface area contributed by atoms with Gasteiger partial charge in [-0.15, -0.1) is 0 Å². The molecule has 1 aliphatic heterocycles. The summed E-state index contributed by atoms with van der Waals surface area (Å²) in [6.07, 6.45) is 8.37. The van der Waals surface area contributed by atoms with Gasteiger partial charge in [0, 0.05) is 30.7 Å². The van der Waals surface area contributed by atoms with Crippen molar-refractivity contribution >= 4 is 5.91 Å². The first-order valence-electron chi connectivity index (χ1n) is 9.95. The molecule has 4 rings (SSSR count). The Labute approximate surface area is 170 Å². The highest BCUT2D eigenvalue weighted by atomic mass is 16.5. The van der Waals surface area contributed by atoms with E-state index in [0.29, 0.717) is 29.4 Å². The van der Waals surface area contributed by atoms with Crippen molar-refractivity contribution in [2.75, 3.05) is 6.54 Å². The van der Waals surface area contributed by atoms with Gasteiger partial charge < -0.3 is 9.42 Å². The number of hydrogen-bond donors (Lipinski definition) is 0. The van der Waals surface area contributed by atoms with Crippen molar-refractivity contribution in [3.05, 3.63) is 58.8 Å². The Balaban J connectivity index is 1.81. The lowest BCUT2D eigenvalue weighted by molar-refractivity contribution is 0.0604. The Bertz CT molecular complexity index is 1040. The molecule has 0 aromatic carbocycles. The maximum Gasteiger partial charge on any atom is 0.259 e. The first-order valence-corrected chi connectivity index (χ1v) is 9.95. The van der Waals surface area contributed by atoms with Gasteiger partial charge in [0.05, 0.1) is 17.4 Å². The minimum atomic E-state index is -0.116. The van der Waals surface area contributed by atoms with Crippen molar-refractivity contribution in [3.63, 3.8) is 0 Å². The van der Waals surface area contributed by atoms with Gasteiger partial charge in [0.25, 0.3) is 5.91 Å². The normalized spacial score (nSPS) is 16.8. The molecule has 7 heteroatoms. The van der Waals surface area contributed by atoms with Crippen LogP contribution in [-0.4, -0.2) is 37.5 Å². The van der Waals surface area contributed by atoms with Gasteiger partial charge in [0.2, 0.25) is 0 Å². The predicted octanol–water partition coefficient (Wildman–Crippen LogP) is 4.13. The zero-order valence-corrected chi connectivity index (χ0v) is 17.3. The Hall–Kier alpha value is -3.09. The number of aromatic nitrogens is 4. The average molecular weight is 391 g/mol. The summed E-state index contributed by atoms with van der Waals surface area (Å²) in [6, 6.07) is 1.87. The molecule has 7 nitrogen and oxygen atoms in total. The molecular formula is C22H25N5O2. The molecule has 0 spiro atoms. The third kappa shape index (κ3) is 3.52. The standard InChI is InChI=1S/C22H25N5O2/c1-13-11-23-9-8-17(13)18-12-24-16(4)25-21(18)19-7-5-6-10-27(19)22(28)20-14(2)26-29-15(20)3/h8-9,11-12,19H,5-7,10H2,1-4H3/t19-/m1/s1. The summed E-state index contributed by atoms with van der Waals surface area (Å²) in [4.78, 5) is 28.8. The molecule has 0 unspecified atom stereocenters. The van der Waals surface area contributed by atoms with Gasteiger partial charge in [-0.25, -0.2) is 9.97 Å². The minimum Gasteiger partial charge on any atom is -0.361 e. The third-order valence-electron chi connectivity index (χ3n) is 5.58. The summed E-state index contributed by atoms with van der Waals surface area (Å²) in [7, 11) is 0. The number of aryl methyl sites for hydroxylation is 4. The van der Waals surface area contributed by atoms with E-state index in [1.807, 2.05) is 44.1 Å². The zero-order valence-electron chi connectivity index (χ0n) is 17.3. The van der Waals surface area contributed by atoms with Crippen LogP contribution in [0.5, 0.6) is 0 Å². The number of amides is 1. The van der Waals surface area contributed by atoms with Crippen LogP contribution in [0, 0.1) is 27.7 Å². The fourth-order valence-electron chi connectivity index (χ4n) is 4.12. The van der Waals surface area contributed by atoms with Crippen LogP contribution in [0.2, 0.25) is 0 Å². The van der Waals surface area contributed by atoms with Crippen LogP contribution in [0.3, 0.4) is 0 Å². The summed E-state index contributed by atoms with van der Waals surface area (Å²) in [5, 5.41) is 3.97. The van der Waals surface area contributed by atoms with Crippen molar-refractivity contribution in [2.45, 2.75) is 53.0 Å². The monoisotopic (exact) mass is 391 g/mol. The molecule has 1 aliphatic rings. The van der Waals surface area contributed by atoms with Crippen molar-refractivity contribution in [3.8, 4) is 11.1 Å². The van der Waals surface area contributed by atoms with Crippen LogP contribution < -0.4 is 0 Å². The molecule has 29 heavy (non-hydrogen) atoms. The lowest BCUT2D eigenvalue weighted by Crippen LogP contribution is -2.39. The molecule has 0 saturated carbocycles. The predicted molar refractivity (Wildman–Crippen MR) is 108 cm³/mol. The number of pyridine rings is 1. The van der Waals surface area contributed by atoms with Crippen LogP contribution >= 0.6 is 0 Å². The number of likely N-dealkylation sites (tertiary alicyclic amines) is 1. The van der Waals surface area contributed by atoms with Crippen LogP contribution in [0.1, 0.15) is 64.2 Å². The summed E-state index contributed by atoms with van der Waals surface area (Å²) in [5.74, 6) is 1.21. The van der Waals surface area contributed by atoms with E-state index >= 15 is 0 Å². The molecule has 150 valence electrons. The van der Waals surface area contributed by atoms with E-state index < -0.39 is 0 Å².